The highest BCUT2D eigenvalue weighted by molar-refractivity contribution is 5.31. The van der Waals surface area contributed by atoms with E-state index in [4.69, 9.17) is 5.73 Å². The Labute approximate surface area is 92.7 Å². The molecule has 1 saturated carbocycles. The number of aryl methyl sites for hydroxylation is 2. The molecule has 1 aliphatic rings. The number of hydrogen-bond donors (Lipinski definition) is 1. The van der Waals surface area contributed by atoms with E-state index in [1.165, 1.54) is 42.4 Å². The first-order chi connectivity index (χ1) is 7.29. The molecule has 1 nitrogen and oxygen atoms in total. The minimum Gasteiger partial charge on any atom is -0.330 e. The zero-order valence-electron chi connectivity index (χ0n) is 9.63. The van der Waals surface area contributed by atoms with Crippen LogP contribution in [0.1, 0.15) is 36.0 Å². The van der Waals surface area contributed by atoms with E-state index in [1.807, 2.05) is 0 Å². The summed E-state index contributed by atoms with van der Waals surface area (Å²) in [7, 11) is 0. The van der Waals surface area contributed by atoms with E-state index in [-0.39, 0.29) is 0 Å². The molecule has 2 N–H and O–H groups in total. The molecule has 1 fully saturated rings. The van der Waals surface area contributed by atoms with Crippen LogP contribution in [-0.2, 0) is 12.8 Å². The summed E-state index contributed by atoms with van der Waals surface area (Å²) in [5, 5.41) is 0. The van der Waals surface area contributed by atoms with Crippen LogP contribution >= 0.6 is 0 Å². The third kappa shape index (κ3) is 3.07. The predicted molar refractivity (Wildman–Crippen MR) is 65.0 cm³/mol. The third-order valence-corrected chi connectivity index (χ3v) is 3.37. The molecule has 1 aromatic rings. The fourth-order valence-corrected chi connectivity index (χ4v) is 2.08. The second-order valence-electron chi connectivity index (χ2n) is 4.78. The largest absolute Gasteiger partial charge is 0.330 e. The highest BCUT2D eigenvalue weighted by Crippen LogP contribution is 2.33. The molecule has 0 spiro atoms. The zero-order chi connectivity index (χ0) is 10.7. The topological polar surface area (TPSA) is 26.0 Å². The molecule has 0 atom stereocenters. The molecule has 15 heavy (non-hydrogen) atoms. The summed E-state index contributed by atoms with van der Waals surface area (Å²) in [6.07, 6.45) is 6.57. The molecule has 0 amide bonds. The molecule has 0 unspecified atom stereocenters. The maximum absolute atomic E-state index is 5.58. The van der Waals surface area contributed by atoms with E-state index < -0.39 is 0 Å². The van der Waals surface area contributed by atoms with Gasteiger partial charge in [-0.25, -0.2) is 0 Å². The standard InChI is InChI=1S/C14H21N/c1-11-2-3-13(8-9-15)10-14(11)7-6-12-4-5-12/h2-3,10,12H,4-9,15H2,1H3. The molecular weight excluding hydrogens is 182 g/mol. The van der Waals surface area contributed by atoms with Gasteiger partial charge in [-0.05, 0) is 55.3 Å². The lowest BCUT2D eigenvalue weighted by molar-refractivity contribution is 0.723. The quantitative estimate of drug-likeness (QED) is 0.782. The maximum Gasteiger partial charge on any atom is -0.00367 e. The van der Waals surface area contributed by atoms with E-state index in [1.54, 1.807) is 0 Å². The normalized spacial score (nSPS) is 15.6. The fraction of sp³-hybridized carbons (Fsp3) is 0.571. The van der Waals surface area contributed by atoms with Gasteiger partial charge in [0, 0.05) is 0 Å². The Kier molecular flexibility index (Phi) is 3.42. The van der Waals surface area contributed by atoms with Gasteiger partial charge in [-0.2, -0.15) is 0 Å². The van der Waals surface area contributed by atoms with Crippen LogP contribution in [0.25, 0.3) is 0 Å². The Morgan fingerprint density at radius 1 is 1.27 bits per heavy atom. The second kappa shape index (κ2) is 4.80. The Bertz CT molecular complexity index is 326. The molecule has 0 radical (unpaired) electrons. The van der Waals surface area contributed by atoms with Crippen molar-refractivity contribution in [2.24, 2.45) is 11.7 Å². The van der Waals surface area contributed by atoms with Crippen molar-refractivity contribution < 1.29 is 0 Å². The zero-order valence-corrected chi connectivity index (χ0v) is 9.63. The van der Waals surface area contributed by atoms with Gasteiger partial charge in [-0.15, -0.1) is 0 Å². The van der Waals surface area contributed by atoms with Gasteiger partial charge >= 0.3 is 0 Å². The van der Waals surface area contributed by atoms with Crippen molar-refractivity contribution in [3.8, 4) is 0 Å². The van der Waals surface area contributed by atoms with Crippen molar-refractivity contribution in [1.82, 2.24) is 0 Å². The second-order valence-corrected chi connectivity index (χ2v) is 4.78. The van der Waals surface area contributed by atoms with Gasteiger partial charge in [0.15, 0.2) is 0 Å². The highest BCUT2D eigenvalue weighted by atomic mass is 14.5. The lowest BCUT2D eigenvalue weighted by atomic mass is 9.98. The average Bonchev–Trinajstić information content (AvgIpc) is 3.03. The minimum absolute atomic E-state index is 0.755. The molecule has 0 saturated heterocycles. The van der Waals surface area contributed by atoms with Gasteiger partial charge in [-0.3, -0.25) is 0 Å². The Balaban J connectivity index is 2.01. The van der Waals surface area contributed by atoms with E-state index in [9.17, 15) is 0 Å². The summed E-state index contributed by atoms with van der Waals surface area (Å²) in [6, 6.07) is 6.81. The van der Waals surface area contributed by atoms with Gasteiger partial charge in [0.2, 0.25) is 0 Å². The van der Waals surface area contributed by atoms with Gasteiger partial charge in [0.05, 0.1) is 0 Å². The summed E-state index contributed by atoms with van der Waals surface area (Å²) in [6.45, 7) is 2.97. The molecule has 82 valence electrons. The monoisotopic (exact) mass is 203 g/mol. The SMILES string of the molecule is Cc1ccc(CCN)cc1CCC1CC1. The van der Waals surface area contributed by atoms with Crippen molar-refractivity contribution >= 4 is 0 Å². The Hall–Kier alpha value is -0.820. The average molecular weight is 203 g/mol. The highest BCUT2D eigenvalue weighted by Gasteiger charge is 2.20. The van der Waals surface area contributed by atoms with Crippen LogP contribution in [0.2, 0.25) is 0 Å². The van der Waals surface area contributed by atoms with Crippen LogP contribution in [0, 0.1) is 12.8 Å². The van der Waals surface area contributed by atoms with Gasteiger partial charge in [-0.1, -0.05) is 31.0 Å². The van der Waals surface area contributed by atoms with Crippen LogP contribution in [0.4, 0.5) is 0 Å². The first-order valence-electron chi connectivity index (χ1n) is 6.08. The summed E-state index contributed by atoms with van der Waals surface area (Å²) >= 11 is 0. The smallest absolute Gasteiger partial charge is 0.00367 e. The molecule has 0 bridgehead atoms. The number of hydrogen-bond acceptors (Lipinski definition) is 1. The molecule has 0 aliphatic heterocycles. The molecule has 0 heterocycles. The number of rotatable bonds is 5. The fourth-order valence-electron chi connectivity index (χ4n) is 2.08. The van der Waals surface area contributed by atoms with Gasteiger partial charge < -0.3 is 5.73 Å². The number of nitrogens with two attached hydrogens (primary N) is 1. The van der Waals surface area contributed by atoms with Crippen molar-refractivity contribution in [3.05, 3.63) is 34.9 Å². The summed E-state index contributed by atoms with van der Waals surface area (Å²) in [5.74, 6) is 1.03. The lowest BCUT2D eigenvalue weighted by Gasteiger charge is -2.08. The molecule has 1 heteroatoms. The lowest BCUT2D eigenvalue weighted by Crippen LogP contribution is -2.03. The summed E-state index contributed by atoms with van der Waals surface area (Å²) in [5.41, 5.74) is 9.95. The van der Waals surface area contributed by atoms with E-state index in [2.05, 4.69) is 25.1 Å². The molecular formula is C14H21N. The van der Waals surface area contributed by atoms with Crippen molar-refractivity contribution in [3.63, 3.8) is 0 Å². The number of benzene rings is 1. The van der Waals surface area contributed by atoms with Crippen LogP contribution in [0.5, 0.6) is 0 Å². The Morgan fingerprint density at radius 3 is 2.73 bits per heavy atom. The molecule has 1 aliphatic carbocycles. The van der Waals surface area contributed by atoms with Crippen molar-refractivity contribution in [2.45, 2.75) is 39.0 Å². The first kappa shape index (κ1) is 10.7. The predicted octanol–water partition coefficient (Wildman–Crippen LogP) is 2.84. The van der Waals surface area contributed by atoms with Crippen LogP contribution < -0.4 is 5.73 Å². The molecule has 1 aromatic carbocycles. The van der Waals surface area contributed by atoms with Crippen LogP contribution in [0.3, 0.4) is 0 Å². The Morgan fingerprint density at radius 2 is 2.07 bits per heavy atom. The van der Waals surface area contributed by atoms with Crippen molar-refractivity contribution in [1.29, 1.82) is 0 Å². The van der Waals surface area contributed by atoms with Crippen molar-refractivity contribution in [2.75, 3.05) is 6.54 Å². The van der Waals surface area contributed by atoms with E-state index in [0.717, 1.165) is 18.9 Å². The first-order valence-corrected chi connectivity index (χ1v) is 6.08. The maximum atomic E-state index is 5.58. The summed E-state index contributed by atoms with van der Waals surface area (Å²) in [4.78, 5) is 0. The van der Waals surface area contributed by atoms with Gasteiger partial charge in [0.1, 0.15) is 0 Å². The minimum atomic E-state index is 0.755. The molecule has 0 aromatic heterocycles. The van der Waals surface area contributed by atoms with Gasteiger partial charge in [0.25, 0.3) is 0 Å². The third-order valence-electron chi connectivity index (χ3n) is 3.37. The van der Waals surface area contributed by atoms with E-state index in [0.29, 0.717) is 0 Å². The molecule has 2 rings (SSSR count). The summed E-state index contributed by atoms with van der Waals surface area (Å²) < 4.78 is 0. The van der Waals surface area contributed by atoms with Crippen LogP contribution in [0.15, 0.2) is 18.2 Å². The van der Waals surface area contributed by atoms with E-state index >= 15 is 0 Å². The van der Waals surface area contributed by atoms with Crippen LogP contribution in [-0.4, -0.2) is 6.54 Å².